The minimum Gasteiger partial charge on any atom is -0.369 e. The standard InChI is InChI=1S/C13H21N5/c1-3-5-6-10(4-2)7-14-12-11-8-17-18-13(11)16-9-15-12/h8-10H,3-7H2,1-2H3,(H2,14,15,16,17,18)/t10-/m0/s1. The van der Waals surface area contributed by atoms with E-state index in [0.717, 1.165) is 23.4 Å². The van der Waals surface area contributed by atoms with Gasteiger partial charge in [0.1, 0.15) is 12.1 Å². The van der Waals surface area contributed by atoms with E-state index in [0.29, 0.717) is 5.92 Å². The molecule has 0 unspecified atom stereocenters. The van der Waals surface area contributed by atoms with E-state index in [4.69, 9.17) is 0 Å². The van der Waals surface area contributed by atoms with Gasteiger partial charge in [0.15, 0.2) is 5.65 Å². The van der Waals surface area contributed by atoms with Crippen LogP contribution in [0.15, 0.2) is 12.5 Å². The summed E-state index contributed by atoms with van der Waals surface area (Å²) in [5, 5.41) is 11.2. The van der Waals surface area contributed by atoms with E-state index in [9.17, 15) is 0 Å². The van der Waals surface area contributed by atoms with Gasteiger partial charge in [0, 0.05) is 6.54 Å². The van der Waals surface area contributed by atoms with Crippen LogP contribution in [-0.4, -0.2) is 26.7 Å². The van der Waals surface area contributed by atoms with Crippen molar-refractivity contribution in [3.63, 3.8) is 0 Å². The molecular formula is C13H21N5. The van der Waals surface area contributed by atoms with E-state index in [-0.39, 0.29) is 0 Å². The molecule has 0 aliphatic rings. The first-order valence-electron chi connectivity index (χ1n) is 6.73. The second kappa shape index (κ2) is 6.33. The molecule has 2 rings (SSSR count). The van der Waals surface area contributed by atoms with Crippen LogP contribution >= 0.6 is 0 Å². The van der Waals surface area contributed by atoms with Crippen molar-refractivity contribution in [2.75, 3.05) is 11.9 Å². The highest BCUT2D eigenvalue weighted by Gasteiger charge is 2.08. The predicted molar refractivity (Wildman–Crippen MR) is 73.5 cm³/mol. The summed E-state index contributed by atoms with van der Waals surface area (Å²) in [6.45, 7) is 5.45. The molecule has 2 aromatic rings. The highest BCUT2D eigenvalue weighted by molar-refractivity contribution is 5.85. The Hall–Kier alpha value is -1.65. The Labute approximate surface area is 107 Å². The Morgan fingerprint density at radius 3 is 3.00 bits per heavy atom. The Morgan fingerprint density at radius 2 is 2.22 bits per heavy atom. The Kier molecular flexibility index (Phi) is 4.50. The van der Waals surface area contributed by atoms with Gasteiger partial charge in [-0.2, -0.15) is 5.10 Å². The molecule has 0 bridgehead atoms. The van der Waals surface area contributed by atoms with Crippen LogP contribution in [0, 0.1) is 5.92 Å². The van der Waals surface area contributed by atoms with Crippen molar-refractivity contribution < 1.29 is 0 Å². The number of nitrogens with zero attached hydrogens (tertiary/aromatic N) is 3. The number of hydrogen-bond donors (Lipinski definition) is 2. The largest absolute Gasteiger partial charge is 0.369 e. The first kappa shape index (κ1) is 12.8. The number of H-pyrrole nitrogens is 1. The molecule has 5 nitrogen and oxygen atoms in total. The van der Waals surface area contributed by atoms with Crippen molar-refractivity contribution in [1.82, 2.24) is 20.2 Å². The number of aromatic nitrogens is 4. The molecule has 0 fully saturated rings. The van der Waals surface area contributed by atoms with E-state index < -0.39 is 0 Å². The molecule has 0 saturated heterocycles. The molecule has 0 spiro atoms. The quantitative estimate of drug-likeness (QED) is 0.789. The second-order valence-corrected chi connectivity index (χ2v) is 4.65. The van der Waals surface area contributed by atoms with Crippen molar-refractivity contribution in [2.45, 2.75) is 39.5 Å². The van der Waals surface area contributed by atoms with Crippen LogP contribution in [0.1, 0.15) is 39.5 Å². The van der Waals surface area contributed by atoms with Gasteiger partial charge in [0.25, 0.3) is 0 Å². The number of aromatic amines is 1. The van der Waals surface area contributed by atoms with Crippen LogP contribution in [0.5, 0.6) is 0 Å². The molecule has 18 heavy (non-hydrogen) atoms. The van der Waals surface area contributed by atoms with Crippen LogP contribution in [0.4, 0.5) is 5.82 Å². The Balaban J connectivity index is 1.98. The lowest BCUT2D eigenvalue weighted by Gasteiger charge is -2.15. The highest BCUT2D eigenvalue weighted by Crippen LogP contribution is 2.18. The zero-order chi connectivity index (χ0) is 12.8. The maximum absolute atomic E-state index is 4.28. The summed E-state index contributed by atoms with van der Waals surface area (Å²) in [5.74, 6) is 1.59. The molecule has 0 aliphatic carbocycles. The summed E-state index contributed by atoms with van der Waals surface area (Å²) >= 11 is 0. The first-order chi connectivity index (χ1) is 8.85. The topological polar surface area (TPSA) is 66.5 Å². The average molecular weight is 247 g/mol. The summed E-state index contributed by atoms with van der Waals surface area (Å²) in [7, 11) is 0. The van der Waals surface area contributed by atoms with Gasteiger partial charge in [-0.25, -0.2) is 9.97 Å². The minimum absolute atomic E-state index is 0.710. The third-order valence-electron chi connectivity index (χ3n) is 3.35. The van der Waals surface area contributed by atoms with Crippen LogP contribution in [-0.2, 0) is 0 Å². The van der Waals surface area contributed by atoms with Gasteiger partial charge < -0.3 is 5.32 Å². The fourth-order valence-corrected chi connectivity index (χ4v) is 2.09. The van der Waals surface area contributed by atoms with Crippen molar-refractivity contribution in [1.29, 1.82) is 0 Å². The van der Waals surface area contributed by atoms with Crippen molar-refractivity contribution in [2.24, 2.45) is 5.92 Å². The lowest BCUT2D eigenvalue weighted by Crippen LogP contribution is -2.14. The fourth-order valence-electron chi connectivity index (χ4n) is 2.09. The number of rotatable bonds is 7. The van der Waals surface area contributed by atoms with E-state index in [1.165, 1.54) is 25.7 Å². The molecule has 0 radical (unpaired) electrons. The molecule has 0 amide bonds. The predicted octanol–water partition coefficient (Wildman–Crippen LogP) is 2.98. The number of hydrogen-bond acceptors (Lipinski definition) is 4. The third kappa shape index (κ3) is 2.97. The molecule has 1 atom stereocenters. The number of unbranched alkanes of at least 4 members (excludes halogenated alkanes) is 1. The maximum Gasteiger partial charge on any atom is 0.160 e. The second-order valence-electron chi connectivity index (χ2n) is 4.65. The van der Waals surface area contributed by atoms with Gasteiger partial charge in [-0.3, -0.25) is 5.10 Å². The van der Waals surface area contributed by atoms with E-state index >= 15 is 0 Å². The maximum atomic E-state index is 4.28. The molecule has 0 aliphatic heterocycles. The summed E-state index contributed by atoms with van der Waals surface area (Å²) < 4.78 is 0. The van der Waals surface area contributed by atoms with Gasteiger partial charge in [-0.1, -0.05) is 33.1 Å². The third-order valence-corrected chi connectivity index (χ3v) is 3.35. The van der Waals surface area contributed by atoms with Gasteiger partial charge in [0.05, 0.1) is 11.6 Å². The molecule has 2 aromatic heterocycles. The zero-order valence-corrected chi connectivity index (χ0v) is 11.1. The van der Waals surface area contributed by atoms with Crippen LogP contribution in [0.3, 0.4) is 0 Å². The molecule has 2 N–H and O–H groups in total. The van der Waals surface area contributed by atoms with Crippen LogP contribution < -0.4 is 5.32 Å². The van der Waals surface area contributed by atoms with E-state index in [1.54, 1.807) is 12.5 Å². The van der Waals surface area contributed by atoms with Crippen molar-refractivity contribution in [3.8, 4) is 0 Å². The molecule has 98 valence electrons. The van der Waals surface area contributed by atoms with E-state index in [2.05, 4.69) is 39.3 Å². The summed E-state index contributed by atoms with van der Waals surface area (Å²) in [6.07, 6.45) is 8.37. The molecule has 0 saturated carbocycles. The van der Waals surface area contributed by atoms with Crippen LogP contribution in [0.25, 0.3) is 11.0 Å². The summed E-state index contributed by atoms with van der Waals surface area (Å²) in [5.41, 5.74) is 0.786. The number of anilines is 1. The minimum atomic E-state index is 0.710. The van der Waals surface area contributed by atoms with E-state index in [1.807, 2.05) is 0 Å². The van der Waals surface area contributed by atoms with Gasteiger partial charge >= 0.3 is 0 Å². The zero-order valence-electron chi connectivity index (χ0n) is 11.1. The SMILES string of the molecule is CCCC[C@H](CC)CNc1ncnc2[nH]ncc12. The highest BCUT2D eigenvalue weighted by atomic mass is 15.2. The molecular weight excluding hydrogens is 226 g/mol. The number of fused-ring (bicyclic) bond motifs is 1. The van der Waals surface area contributed by atoms with Gasteiger partial charge in [-0.05, 0) is 12.3 Å². The van der Waals surface area contributed by atoms with Gasteiger partial charge in [0.2, 0.25) is 0 Å². The monoisotopic (exact) mass is 247 g/mol. The molecule has 5 heteroatoms. The molecule has 0 aromatic carbocycles. The van der Waals surface area contributed by atoms with Crippen LogP contribution in [0.2, 0.25) is 0 Å². The number of nitrogens with one attached hydrogen (secondary N) is 2. The smallest absolute Gasteiger partial charge is 0.160 e. The molecule has 2 heterocycles. The van der Waals surface area contributed by atoms with Crippen molar-refractivity contribution in [3.05, 3.63) is 12.5 Å². The Morgan fingerprint density at radius 1 is 1.33 bits per heavy atom. The summed E-state index contributed by atoms with van der Waals surface area (Å²) in [6, 6.07) is 0. The normalized spacial score (nSPS) is 12.8. The van der Waals surface area contributed by atoms with Crippen molar-refractivity contribution >= 4 is 16.9 Å². The lowest BCUT2D eigenvalue weighted by atomic mass is 9.99. The first-order valence-corrected chi connectivity index (χ1v) is 6.73. The lowest BCUT2D eigenvalue weighted by molar-refractivity contribution is 0.472. The summed E-state index contributed by atoms with van der Waals surface area (Å²) in [4.78, 5) is 8.41. The Bertz CT molecular complexity index is 479. The fraction of sp³-hybridized carbons (Fsp3) is 0.615. The van der Waals surface area contributed by atoms with Gasteiger partial charge in [-0.15, -0.1) is 0 Å². The average Bonchev–Trinajstić information content (AvgIpc) is 2.88.